The standard InChI is InChI=1S/C20H23NO3/c1-15(20(23)24)14-21(2)19(22)18-11-7-6-10-17(18)13-12-16-8-4-3-5-9-16/h3-11,15H,12-14H2,1-2H3,(H,23,24). The maximum atomic E-state index is 12.7. The van der Waals surface area contributed by atoms with E-state index in [-0.39, 0.29) is 12.5 Å². The maximum Gasteiger partial charge on any atom is 0.308 e. The summed E-state index contributed by atoms with van der Waals surface area (Å²) in [6.07, 6.45) is 1.63. The molecule has 0 aliphatic heterocycles. The molecule has 0 saturated heterocycles. The lowest BCUT2D eigenvalue weighted by atomic mass is 9.99. The van der Waals surface area contributed by atoms with E-state index >= 15 is 0 Å². The minimum atomic E-state index is -0.896. The average Bonchev–Trinajstić information content (AvgIpc) is 2.60. The van der Waals surface area contributed by atoms with Gasteiger partial charge in [-0.25, -0.2) is 0 Å². The lowest BCUT2D eigenvalue weighted by Crippen LogP contribution is -2.34. The Kier molecular flexibility index (Phi) is 6.13. The van der Waals surface area contributed by atoms with Gasteiger partial charge in [0.25, 0.3) is 5.91 Å². The number of nitrogens with zero attached hydrogens (tertiary/aromatic N) is 1. The fourth-order valence-corrected chi connectivity index (χ4v) is 2.65. The van der Waals surface area contributed by atoms with E-state index in [9.17, 15) is 9.59 Å². The quantitative estimate of drug-likeness (QED) is 0.850. The Labute approximate surface area is 142 Å². The summed E-state index contributed by atoms with van der Waals surface area (Å²) in [4.78, 5) is 25.1. The van der Waals surface area contributed by atoms with E-state index < -0.39 is 11.9 Å². The molecule has 1 N–H and O–H groups in total. The Morgan fingerprint density at radius 2 is 1.62 bits per heavy atom. The molecule has 0 aromatic heterocycles. The molecule has 0 heterocycles. The number of carbonyl (C=O) groups is 2. The molecule has 1 unspecified atom stereocenters. The summed E-state index contributed by atoms with van der Waals surface area (Å²) < 4.78 is 0. The molecular formula is C20H23NO3. The molecular weight excluding hydrogens is 302 g/mol. The van der Waals surface area contributed by atoms with Crippen LogP contribution < -0.4 is 0 Å². The van der Waals surface area contributed by atoms with Gasteiger partial charge in [-0.05, 0) is 30.0 Å². The number of amides is 1. The highest BCUT2D eigenvalue weighted by atomic mass is 16.4. The van der Waals surface area contributed by atoms with E-state index in [4.69, 9.17) is 5.11 Å². The molecule has 0 bridgehead atoms. The third-order valence-corrected chi connectivity index (χ3v) is 4.09. The van der Waals surface area contributed by atoms with Crippen LogP contribution in [-0.4, -0.2) is 35.5 Å². The predicted molar refractivity (Wildman–Crippen MR) is 94.1 cm³/mol. The zero-order valence-electron chi connectivity index (χ0n) is 14.1. The van der Waals surface area contributed by atoms with Crippen LogP contribution in [0.2, 0.25) is 0 Å². The van der Waals surface area contributed by atoms with Crippen molar-refractivity contribution in [3.63, 3.8) is 0 Å². The van der Waals surface area contributed by atoms with Gasteiger partial charge in [0, 0.05) is 19.2 Å². The summed E-state index contributed by atoms with van der Waals surface area (Å²) in [6.45, 7) is 1.80. The molecule has 2 rings (SSSR count). The van der Waals surface area contributed by atoms with Gasteiger partial charge in [0.2, 0.25) is 0 Å². The zero-order chi connectivity index (χ0) is 17.5. The van der Waals surface area contributed by atoms with Gasteiger partial charge in [0.15, 0.2) is 0 Å². The Morgan fingerprint density at radius 1 is 1.00 bits per heavy atom. The van der Waals surface area contributed by atoms with Crippen LogP contribution in [0.4, 0.5) is 0 Å². The first-order valence-corrected chi connectivity index (χ1v) is 8.09. The van der Waals surface area contributed by atoms with Crippen LogP contribution >= 0.6 is 0 Å². The molecule has 0 spiro atoms. The number of hydrogen-bond donors (Lipinski definition) is 1. The largest absolute Gasteiger partial charge is 0.481 e. The van der Waals surface area contributed by atoms with Crippen LogP contribution in [0.25, 0.3) is 0 Å². The first-order chi connectivity index (χ1) is 11.5. The highest BCUT2D eigenvalue weighted by Gasteiger charge is 2.20. The van der Waals surface area contributed by atoms with Crippen molar-refractivity contribution in [3.8, 4) is 0 Å². The molecule has 0 aliphatic carbocycles. The smallest absolute Gasteiger partial charge is 0.308 e. The van der Waals surface area contributed by atoms with Crippen molar-refractivity contribution >= 4 is 11.9 Å². The van der Waals surface area contributed by atoms with Gasteiger partial charge in [-0.3, -0.25) is 9.59 Å². The number of carboxylic acid groups (broad SMARTS) is 1. The van der Waals surface area contributed by atoms with Gasteiger partial charge in [-0.1, -0.05) is 55.5 Å². The van der Waals surface area contributed by atoms with Crippen LogP contribution in [0.1, 0.15) is 28.4 Å². The topological polar surface area (TPSA) is 57.6 Å². The van der Waals surface area contributed by atoms with Crippen LogP contribution in [-0.2, 0) is 17.6 Å². The molecule has 2 aromatic rings. The number of hydrogen-bond acceptors (Lipinski definition) is 2. The minimum Gasteiger partial charge on any atom is -0.481 e. The maximum absolute atomic E-state index is 12.7. The van der Waals surface area contributed by atoms with Crippen molar-refractivity contribution in [3.05, 3.63) is 71.3 Å². The molecule has 4 heteroatoms. The normalized spacial score (nSPS) is 11.8. The molecule has 4 nitrogen and oxygen atoms in total. The van der Waals surface area contributed by atoms with Gasteiger partial charge < -0.3 is 10.0 Å². The van der Waals surface area contributed by atoms with Gasteiger partial charge in [0.05, 0.1) is 5.92 Å². The lowest BCUT2D eigenvalue weighted by molar-refractivity contribution is -0.141. The molecule has 0 saturated carbocycles. The molecule has 24 heavy (non-hydrogen) atoms. The third kappa shape index (κ3) is 4.69. The van der Waals surface area contributed by atoms with Gasteiger partial charge in [0.1, 0.15) is 0 Å². The van der Waals surface area contributed by atoms with Crippen LogP contribution in [0, 0.1) is 5.92 Å². The predicted octanol–water partition coefficient (Wildman–Crippen LogP) is 3.26. The first-order valence-electron chi connectivity index (χ1n) is 8.09. The fourth-order valence-electron chi connectivity index (χ4n) is 2.65. The molecule has 0 radical (unpaired) electrons. The molecule has 0 fully saturated rings. The summed E-state index contributed by atoms with van der Waals surface area (Å²) in [7, 11) is 1.65. The summed E-state index contributed by atoms with van der Waals surface area (Å²) >= 11 is 0. The monoisotopic (exact) mass is 325 g/mol. The fraction of sp³-hybridized carbons (Fsp3) is 0.300. The van der Waals surface area contributed by atoms with Crippen molar-refractivity contribution in [2.45, 2.75) is 19.8 Å². The summed E-state index contributed by atoms with van der Waals surface area (Å²) in [6, 6.07) is 17.7. The highest BCUT2D eigenvalue weighted by molar-refractivity contribution is 5.95. The number of carboxylic acids is 1. The highest BCUT2D eigenvalue weighted by Crippen LogP contribution is 2.15. The van der Waals surface area contributed by atoms with E-state index in [1.54, 1.807) is 14.0 Å². The van der Waals surface area contributed by atoms with E-state index in [2.05, 4.69) is 12.1 Å². The first kappa shape index (κ1) is 17.7. The molecule has 2 aromatic carbocycles. The second kappa shape index (κ2) is 8.29. The third-order valence-electron chi connectivity index (χ3n) is 4.09. The molecule has 126 valence electrons. The Hall–Kier alpha value is -2.62. The molecule has 1 atom stereocenters. The van der Waals surface area contributed by atoms with Gasteiger partial charge in [-0.2, -0.15) is 0 Å². The molecule has 0 aliphatic rings. The number of carbonyl (C=O) groups excluding carboxylic acids is 1. The SMILES string of the molecule is CC(CN(C)C(=O)c1ccccc1CCc1ccccc1)C(=O)O. The number of aryl methyl sites for hydroxylation is 2. The summed E-state index contributed by atoms with van der Waals surface area (Å²) in [5.74, 6) is -1.62. The summed E-state index contributed by atoms with van der Waals surface area (Å²) in [5.41, 5.74) is 2.86. The van der Waals surface area contributed by atoms with Crippen molar-refractivity contribution in [2.24, 2.45) is 5.92 Å². The second-order valence-electron chi connectivity index (χ2n) is 6.07. The average molecular weight is 325 g/mol. The van der Waals surface area contributed by atoms with Crippen molar-refractivity contribution in [2.75, 3.05) is 13.6 Å². The van der Waals surface area contributed by atoms with Crippen LogP contribution in [0.5, 0.6) is 0 Å². The van der Waals surface area contributed by atoms with Crippen LogP contribution in [0.15, 0.2) is 54.6 Å². The van der Waals surface area contributed by atoms with E-state index in [1.807, 2.05) is 42.5 Å². The Morgan fingerprint density at radius 3 is 2.29 bits per heavy atom. The van der Waals surface area contributed by atoms with Crippen molar-refractivity contribution in [1.82, 2.24) is 4.90 Å². The second-order valence-corrected chi connectivity index (χ2v) is 6.07. The van der Waals surface area contributed by atoms with Gasteiger partial charge in [-0.15, -0.1) is 0 Å². The van der Waals surface area contributed by atoms with Crippen molar-refractivity contribution in [1.29, 1.82) is 0 Å². The number of benzene rings is 2. The van der Waals surface area contributed by atoms with E-state index in [0.717, 1.165) is 18.4 Å². The molecule has 1 amide bonds. The van der Waals surface area contributed by atoms with E-state index in [0.29, 0.717) is 5.56 Å². The van der Waals surface area contributed by atoms with E-state index in [1.165, 1.54) is 10.5 Å². The Bertz CT molecular complexity index is 697. The minimum absolute atomic E-state index is 0.133. The zero-order valence-corrected chi connectivity index (χ0v) is 14.1. The Balaban J connectivity index is 2.09. The summed E-state index contributed by atoms with van der Waals surface area (Å²) in [5, 5.41) is 9.01. The lowest BCUT2D eigenvalue weighted by Gasteiger charge is -2.21. The number of aliphatic carboxylic acids is 1. The van der Waals surface area contributed by atoms with Crippen LogP contribution in [0.3, 0.4) is 0 Å². The van der Waals surface area contributed by atoms with Crippen molar-refractivity contribution < 1.29 is 14.7 Å². The number of rotatable bonds is 7. The van der Waals surface area contributed by atoms with Gasteiger partial charge >= 0.3 is 5.97 Å².